The highest BCUT2D eigenvalue weighted by Gasteiger charge is 2.06. The van der Waals surface area contributed by atoms with Crippen LogP contribution in [0.25, 0.3) is 0 Å². The molecule has 0 fully saturated rings. The predicted octanol–water partition coefficient (Wildman–Crippen LogP) is 1.86. The van der Waals surface area contributed by atoms with Crippen molar-refractivity contribution in [2.45, 2.75) is 0 Å². The van der Waals surface area contributed by atoms with Gasteiger partial charge in [0.05, 0.1) is 12.4 Å². The van der Waals surface area contributed by atoms with Crippen LogP contribution in [0.15, 0.2) is 30.6 Å². The van der Waals surface area contributed by atoms with Crippen LogP contribution in [0.5, 0.6) is 11.6 Å². The maximum atomic E-state index is 13.4. The molecular formula is C11H7FN4O. The second-order valence-electron chi connectivity index (χ2n) is 3.14. The zero-order valence-electron chi connectivity index (χ0n) is 8.59. The first-order valence-corrected chi connectivity index (χ1v) is 4.64. The minimum Gasteiger partial charge on any atom is -0.434 e. The number of rotatable bonds is 2. The van der Waals surface area contributed by atoms with Crippen LogP contribution in [0.2, 0.25) is 0 Å². The van der Waals surface area contributed by atoms with Gasteiger partial charge in [-0.15, -0.1) is 0 Å². The highest BCUT2D eigenvalue weighted by Crippen LogP contribution is 2.23. The smallest absolute Gasteiger partial charge is 0.238 e. The van der Waals surface area contributed by atoms with Gasteiger partial charge in [-0.25, -0.2) is 14.4 Å². The average Bonchev–Trinajstić information content (AvgIpc) is 2.34. The van der Waals surface area contributed by atoms with Crippen molar-refractivity contribution < 1.29 is 9.13 Å². The van der Waals surface area contributed by atoms with Gasteiger partial charge < -0.3 is 10.5 Å². The fourth-order valence-electron chi connectivity index (χ4n) is 1.14. The number of benzene rings is 1. The zero-order chi connectivity index (χ0) is 12.3. The van der Waals surface area contributed by atoms with Crippen LogP contribution < -0.4 is 10.5 Å². The van der Waals surface area contributed by atoms with E-state index in [1.807, 2.05) is 6.07 Å². The third kappa shape index (κ3) is 2.46. The van der Waals surface area contributed by atoms with Crippen LogP contribution >= 0.6 is 0 Å². The third-order valence-corrected chi connectivity index (χ3v) is 1.91. The molecule has 6 heteroatoms. The standard InChI is InChI=1S/C11H7FN4O/c12-9-3-7(14)1-2-10(9)17-11-6-15-8(4-13)5-16-11/h1-3,5-6H,14H2. The number of nitrogen functional groups attached to an aromatic ring is 1. The molecule has 0 saturated heterocycles. The summed E-state index contributed by atoms with van der Waals surface area (Å²) >= 11 is 0. The molecule has 2 rings (SSSR count). The van der Waals surface area contributed by atoms with Gasteiger partial charge in [0.1, 0.15) is 6.07 Å². The second-order valence-corrected chi connectivity index (χ2v) is 3.14. The number of ether oxygens (including phenoxy) is 1. The van der Waals surface area contributed by atoms with Gasteiger partial charge in [-0.05, 0) is 12.1 Å². The van der Waals surface area contributed by atoms with Crippen LogP contribution in [0.4, 0.5) is 10.1 Å². The molecule has 1 aromatic carbocycles. The summed E-state index contributed by atoms with van der Waals surface area (Å²) in [5.41, 5.74) is 5.87. The van der Waals surface area contributed by atoms with Gasteiger partial charge in [0.15, 0.2) is 17.3 Å². The minimum atomic E-state index is -0.587. The molecule has 0 unspecified atom stereocenters. The molecule has 0 amide bonds. The molecule has 0 spiro atoms. The minimum absolute atomic E-state index is 0.00166. The van der Waals surface area contributed by atoms with E-state index in [9.17, 15) is 4.39 Å². The Kier molecular flexibility index (Phi) is 2.83. The van der Waals surface area contributed by atoms with Gasteiger partial charge in [-0.1, -0.05) is 0 Å². The summed E-state index contributed by atoms with van der Waals surface area (Å²) < 4.78 is 18.5. The van der Waals surface area contributed by atoms with Crippen LogP contribution in [0, 0.1) is 17.1 Å². The van der Waals surface area contributed by atoms with Crippen molar-refractivity contribution in [1.29, 1.82) is 5.26 Å². The van der Waals surface area contributed by atoms with Crippen molar-refractivity contribution in [3.05, 3.63) is 42.1 Å². The summed E-state index contributed by atoms with van der Waals surface area (Å²) in [7, 11) is 0. The molecule has 0 radical (unpaired) electrons. The molecule has 2 N–H and O–H groups in total. The van der Waals surface area contributed by atoms with Crippen LogP contribution in [-0.2, 0) is 0 Å². The summed E-state index contributed by atoms with van der Waals surface area (Å²) in [5, 5.41) is 8.53. The maximum Gasteiger partial charge on any atom is 0.238 e. The SMILES string of the molecule is N#Cc1cnc(Oc2ccc(N)cc2F)cn1. The van der Waals surface area contributed by atoms with Crippen LogP contribution in [0.3, 0.4) is 0 Å². The quantitative estimate of drug-likeness (QED) is 0.796. The van der Waals surface area contributed by atoms with Gasteiger partial charge in [0.2, 0.25) is 5.88 Å². The number of nitrogens with two attached hydrogens (primary N) is 1. The van der Waals surface area contributed by atoms with Crippen molar-refractivity contribution >= 4 is 5.69 Å². The number of hydrogen-bond donors (Lipinski definition) is 1. The fraction of sp³-hybridized carbons (Fsp3) is 0. The van der Waals surface area contributed by atoms with Gasteiger partial charge in [0, 0.05) is 11.8 Å². The first kappa shape index (κ1) is 10.8. The van der Waals surface area contributed by atoms with E-state index in [4.69, 9.17) is 15.7 Å². The Labute approximate surface area is 96.3 Å². The van der Waals surface area contributed by atoms with E-state index in [0.717, 1.165) is 6.07 Å². The first-order chi connectivity index (χ1) is 8.19. The fourth-order valence-corrected chi connectivity index (χ4v) is 1.14. The van der Waals surface area contributed by atoms with Crippen LogP contribution in [0.1, 0.15) is 5.69 Å². The third-order valence-electron chi connectivity index (χ3n) is 1.91. The number of anilines is 1. The summed E-state index contributed by atoms with van der Waals surface area (Å²) in [6.45, 7) is 0. The molecule has 0 aliphatic rings. The number of nitriles is 1. The molecule has 0 aliphatic heterocycles. The monoisotopic (exact) mass is 230 g/mol. The molecule has 0 saturated carbocycles. The van der Waals surface area contributed by atoms with E-state index in [1.54, 1.807) is 0 Å². The van der Waals surface area contributed by atoms with E-state index in [2.05, 4.69) is 9.97 Å². The van der Waals surface area contributed by atoms with E-state index in [1.165, 1.54) is 24.5 Å². The molecule has 2 aromatic rings. The van der Waals surface area contributed by atoms with E-state index in [-0.39, 0.29) is 17.3 Å². The van der Waals surface area contributed by atoms with Crippen molar-refractivity contribution in [1.82, 2.24) is 9.97 Å². The lowest BCUT2D eigenvalue weighted by molar-refractivity contribution is 0.425. The number of aromatic nitrogens is 2. The summed E-state index contributed by atoms with van der Waals surface area (Å²) in [6, 6.07) is 5.87. The highest BCUT2D eigenvalue weighted by molar-refractivity contribution is 5.43. The zero-order valence-corrected chi connectivity index (χ0v) is 8.59. The molecule has 0 bridgehead atoms. The van der Waals surface area contributed by atoms with Crippen LogP contribution in [-0.4, -0.2) is 9.97 Å². The van der Waals surface area contributed by atoms with Gasteiger partial charge in [0.25, 0.3) is 0 Å². The Morgan fingerprint density at radius 3 is 2.71 bits per heavy atom. The highest BCUT2D eigenvalue weighted by atomic mass is 19.1. The molecule has 0 atom stereocenters. The normalized spacial score (nSPS) is 9.65. The first-order valence-electron chi connectivity index (χ1n) is 4.64. The summed E-state index contributed by atoms with van der Waals surface area (Å²) in [6.07, 6.45) is 2.49. The molecule has 1 heterocycles. The number of nitrogens with zero attached hydrogens (tertiary/aromatic N) is 3. The molecule has 5 nitrogen and oxygen atoms in total. The van der Waals surface area contributed by atoms with Gasteiger partial charge in [-0.3, -0.25) is 0 Å². The Balaban J connectivity index is 2.23. The maximum absolute atomic E-state index is 13.4. The van der Waals surface area contributed by atoms with Gasteiger partial charge in [-0.2, -0.15) is 5.26 Å². The van der Waals surface area contributed by atoms with Crippen molar-refractivity contribution in [2.24, 2.45) is 0 Å². The lowest BCUT2D eigenvalue weighted by Gasteiger charge is -2.05. The molecular weight excluding hydrogens is 223 g/mol. The van der Waals surface area contributed by atoms with Crippen molar-refractivity contribution in [3.63, 3.8) is 0 Å². The molecule has 17 heavy (non-hydrogen) atoms. The topological polar surface area (TPSA) is 84.8 Å². The lowest BCUT2D eigenvalue weighted by atomic mass is 10.3. The van der Waals surface area contributed by atoms with E-state index >= 15 is 0 Å². The van der Waals surface area contributed by atoms with E-state index < -0.39 is 5.82 Å². The Hall–Kier alpha value is -2.68. The average molecular weight is 230 g/mol. The Morgan fingerprint density at radius 1 is 1.29 bits per heavy atom. The Morgan fingerprint density at radius 2 is 2.12 bits per heavy atom. The molecule has 84 valence electrons. The molecule has 1 aromatic heterocycles. The number of halogens is 1. The largest absolute Gasteiger partial charge is 0.434 e. The van der Waals surface area contributed by atoms with Crippen molar-refractivity contribution in [3.8, 4) is 17.7 Å². The summed E-state index contributed by atoms with van der Waals surface area (Å²) in [5.74, 6) is -0.484. The Bertz CT molecular complexity index is 577. The van der Waals surface area contributed by atoms with E-state index in [0.29, 0.717) is 5.69 Å². The molecule has 0 aliphatic carbocycles. The second kappa shape index (κ2) is 4.45. The number of hydrogen-bond acceptors (Lipinski definition) is 5. The van der Waals surface area contributed by atoms with Gasteiger partial charge >= 0.3 is 0 Å². The predicted molar refractivity (Wildman–Crippen MR) is 57.6 cm³/mol. The van der Waals surface area contributed by atoms with Crippen molar-refractivity contribution in [2.75, 3.05) is 5.73 Å². The lowest BCUT2D eigenvalue weighted by Crippen LogP contribution is -1.94. The summed E-state index contributed by atoms with van der Waals surface area (Å²) in [4.78, 5) is 7.55.